The van der Waals surface area contributed by atoms with Crippen molar-refractivity contribution >= 4 is 34.7 Å². The summed E-state index contributed by atoms with van der Waals surface area (Å²) in [4.78, 5) is 14.2. The van der Waals surface area contributed by atoms with Crippen LogP contribution in [0.1, 0.15) is 18.1 Å². The van der Waals surface area contributed by atoms with Gasteiger partial charge in [0.25, 0.3) is 0 Å². The van der Waals surface area contributed by atoms with E-state index in [4.69, 9.17) is 4.74 Å². The molecule has 28 heavy (non-hydrogen) atoms. The number of carbonyl (C=O) groups excluding carboxylic acids is 1. The summed E-state index contributed by atoms with van der Waals surface area (Å²) in [5.74, 6) is 0.799. The average molecular weight is 397 g/mol. The maximum absolute atomic E-state index is 12.2. The Morgan fingerprint density at radius 3 is 2.50 bits per heavy atom. The Labute approximate surface area is 169 Å². The van der Waals surface area contributed by atoms with Gasteiger partial charge in [0.15, 0.2) is 5.17 Å². The SMILES string of the molecule is CCOc1ccc(C[C@@H]2S/C(=N/N=C/c3ccc(N(C)C)cc3)NC2=O)cc1. The molecule has 1 amide bonds. The molecule has 0 bridgehead atoms. The van der Waals surface area contributed by atoms with Crippen LogP contribution in [-0.4, -0.2) is 43.2 Å². The highest BCUT2D eigenvalue weighted by atomic mass is 32.2. The van der Waals surface area contributed by atoms with Crippen LogP contribution in [0.25, 0.3) is 0 Å². The molecule has 2 aromatic carbocycles. The number of nitrogens with one attached hydrogen (secondary N) is 1. The zero-order valence-electron chi connectivity index (χ0n) is 16.3. The van der Waals surface area contributed by atoms with E-state index in [1.165, 1.54) is 11.8 Å². The van der Waals surface area contributed by atoms with Crippen molar-refractivity contribution in [1.29, 1.82) is 0 Å². The molecule has 3 rings (SSSR count). The molecule has 0 spiro atoms. The number of anilines is 1. The van der Waals surface area contributed by atoms with Gasteiger partial charge in [0, 0.05) is 19.8 Å². The molecule has 0 unspecified atom stereocenters. The van der Waals surface area contributed by atoms with Crippen LogP contribution in [0.4, 0.5) is 5.69 Å². The molecular weight excluding hydrogens is 372 g/mol. The van der Waals surface area contributed by atoms with Crippen molar-refractivity contribution in [2.45, 2.75) is 18.6 Å². The fourth-order valence-electron chi connectivity index (χ4n) is 2.70. The van der Waals surface area contributed by atoms with Gasteiger partial charge in [-0.15, -0.1) is 5.10 Å². The third kappa shape index (κ3) is 5.36. The second kappa shape index (κ2) is 9.41. The third-order valence-electron chi connectivity index (χ3n) is 4.20. The fraction of sp³-hybridized carbons (Fsp3) is 0.286. The largest absolute Gasteiger partial charge is 0.494 e. The second-order valence-corrected chi connectivity index (χ2v) is 7.70. The van der Waals surface area contributed by atoms with E-state index in [9.17, 15) is 4.79 Å². The van der Waals surface area contributed by atoms with Gasteiger partial charge in [0.1, 0.15) is 5.75 Å². The van der Waals surface area contributed by atoms with Gasteiger partial charge in [-0.2, -0.15) is 5.10 Å². The van der Waals surface area contributed by atoms with Crippen molar-refractivity contribution in [1.82, 2.24) is 5.32 Å². The maximum atomic E-state index is 12.2. The van der Waals surface area contributed by atoms with Crippen molar-refractivity contribution < 1.29 is 9.53 Å². The molecule has 1 N–H and O–H groups in total. The average Bonchev–Trinajstić information content (AvgIpc) is 3.03. The van der Waals surface area contributed by atoms with Gasteiger partial charge in [-0.05, 0) is 48.7 Å². The first-order valence-corrected chi connectivity index (χ1v) is 10.0. The third-order valence-corrected chi connectivity index (χ3v) is 5.27. The van der Waals surface area contributed by atoms with Crippen LogP contribution in [0, 0.1) is 0 Å². The first-order valence-electron chi connectivity index (χ1n) is 9.13. The highest BCUT2D eigenvalue weighted by molar-refractivity contribution is 8.15. The number of nitrogens with zero attached hydrogens (tertiary/aromatic N) is 3. The van der Waals surface area contributed by atoms with Crippen molar-refractivity contribution in [3.63, 3.8) is 0 Å². The summed E-state index contributed by atoms with van der Waals surface area (Å²) in [6.45, 7) is 2.59. The number of thioether (sulfide) groups is 1. The summed E-state index contributed by atoms with van der Waals surface area (Å²) < 4.78 is 5.45. The fourth-order valence-corrected chi connectivity index (χ4v) is 3.66. The molecule has 0 saturated carbocycles. The number of benzene rings is 2. The van der Waals surface area contributed by atoms with Gasteiger partial charge in [0.2, 0.25) is 5.91 Å². The smallest absolute Gasteiger partial charge is 0.239 e. The number of amides is 1. The lowest BCUT2D eigenvalue weighted by Crippen LogP contribution is -2.25. The minimum atomic E-state index is -0.203. The van der Waals surface area contributed by atoms with E-state index in [1.807, 2.05) is 74.4 Å². The van der Waals surface area contributed by atoms with E-state index >= 15 is 0 Å². The summed E-state index contributed by atoms with van der Waals surface area (Å²) in [6.07, 6.45) is 2.32. The van der Waals surface area contributed by atoms with E-state index in [0.717, 1.165) is 22.6 Å². The first kappa shape index (κ1) is 19.9. The quantitative estimate of drug-likeness (QED) is 0.576. The van der Waals surface area contributed by atoms with Crippen molar-refractivity contribution in [3.05, 3.63) is 59.7 Å². The minimum Gasteiger partial charge on any atom is -0.494 e. The molecule has 2 aromatic rings. The Morgan fingerprint density at radius 2 is 1.86 bits per heavy atom. The zero-order chi connectivity index (χ0) is 19.9. The molecular formula is C21H24N4O2S. The van der Waals surface area contributed by atoms with Crippen molar-refractivity contribution in [2.24, 2.45) is 10.2 Å². The molecule has 1 aliphatic heterocycles. The second-order valence-electron chi connectivity index (χ2n) is 6.51. The number of ether oxygens (including phenoxy) is 1. The molecule has 1 fully saturated rings. The molecule has 1 heterocycles. The van der Waals surface area contributed by atoms with Crippen LogP contribution in [0.2, 0.25) is 0 Å². The van der Waals surface area contributed by atoms with E-state index < -0.39 is 0 Å². The topological polar surface area (TPSA) is 66.3 Å². The Bertz CT molecular complexity index is 861. The Balaban J connectivity index is 1.57. The predicted octanol–water partition coefficient (Wildman–Crippen LogP) is 3.32. The van der Waals surface area contributed by atoms with Crippen LogP contribution in [0.5, 0.6) is 5.75 Å². The van der Waals surface area contributed by atoms with Crippen molar-refractivity contribution in [3.8, 4) is 5.75 Å². The van der Waals surface area contributed by atoms with Gasteiger partial charge < -0.3 is 15.0 Å². The number of amidine groups is 1. The molecule has 146 valence electrons. The lowest BCUT2D eigenvalue weighted by Gasteiger charge is -2.11. The summed E-state index contributed by atoms with van der Waals surface area (Å²) in [5, 5.41) is 11.4. The van der Waals surface area contributed by atoms with Gasteiger partial charge in [-0.1, -0.05) is 36.0 Å². The summed E-state index contributed by atoms with van der Waals surface area (Å²) in [5.41, 5.74) is 3.16. The molecule has 1 aliphatic rings. The minimum absolute atomic E-state index is 0.0387. The Kier molecular flexibility index (Phi) is 6.71. The summed E-state index contributed by atoms with van der Waals surface area (Å²) in [7, 11) is 4.00. The molecule has 1 atom stereocenters. The first-order chi connectivity index (χ1) is 13.5. The lowest BCUT2D eigenvalue weighted by atomic mass is 10.1. The van der Waals surface area contributed by atoms with E-state index in [0.29, 0.717) is 18.2 Å². The Morgan fingerprint density at radius 1 is 1.14 bits per heavy atom. The highest BCUT2D eigenvalue weighted by Crippen LogP contribution is 2.24. The van der Waals surface area contributed by atoms with E-state index in [-0.39, 0.29) is 11.2 Å². The van der Waals surface area contributed by atoms with Gasteiger partial charge in [0.05, 0.1) is 18.1 Å². The monoisotopic (exact) mass is 396 g/mol. The molecule has 0 aliphatic carbocycles. The summed E-state index contributed by atoms with van der Waals surface area (Å²) >= 11 is 1.41. The molecule has 6 nitrogen and oxygen atoms in total. The normalized spacial score (nSPS) is 17.9. The predicted molar refractivity (Wildman–Crippen MR) is 117 cm³/mol. The van der Waals surface area contributed by atoms with Crippen LogP contribution >= 0.6 is 11.8 Å². The van der Waals surface area contributed by atoms with Crippen molar-refractivity contribution in [2.75, 3.05) is 25.6 Å². The van der Waals surface area contributed by atoms with Gasteiger partial charge >= 0.3 is 0 Å². The number of carbonyl (C=O) groups is 1. The van der Waals surface area contributed by atoms with Crippen LogP contribution < -0.4 is 15.0 Å². The number of rotatable bonds is 7. The molecule has 0 radical (unpaired) electrons. The zero-order valence-corrected chi connectivity index (χ0v) is 17.1. The summed E-state index contributed by atoms with van der Waals surface area (Å²) in [6, 6.07) is 15.8. The lowest BCUT2D eigenvalue weighted by molar-refractivity contribution is -0.118. The number of hydrogen-bond donors (Lipinski definition) is 1. The molecule has 1 saturated heterocycles. The molecule has 0 aromatic heterocycles. The Hall–Kier alpha value is -2.80. The maximum Gasteiger partial charge on any atom is 0.239 e. The van der Waals surface area contributed by atoms with Crippen LogP contribution in [-0.2, 0) is 11.2 Å². The van der Waals surface area contributed by atoms with Crippen LogP contribution in [0.15, 0.2) is 58.7 Å². The van der Waals surface area contributed by atoms with Gasteiger partial charge in [-0.3, -0.25) is 4.79 Å². The standard InChI is InChI=1S/C21H24N4O2S/c1-4-27-18-11-7-15(8-12-18)13-19-20(26)23-21(28-19)24-22-14-16-5-9-17(10-6-16)25(2)3/h5-12,14,19H,4,13H2,1-3H3,(H,23,24,26)/b22-14+/t19-/m0/s1. The van der Waals surface area contributed by atoms with Crippen LogP contribution in [0.3, 0.4) is 0 Å². The van der Waals surface area contributed by atoms with Gasteiger partial charge in [-0.25, -0.2) is 0 Å². The van der Waals surface area contributed by atoms with E-state index in [1.54, 1.807) is 6.21 Å². The number of hydrogen-bond acceptors (Lipinski definition) is 6. The van der Waals surface area contributed by atoms with E-state index in [2.05, 4.69) is 15.5 Å². The highest BCUT2D eigenvalue weighted by Gasteiger charge is 2.30. The molecule has 7 heteroatoms.